The second-order valence-corrected chi connectivity index (χ2v) is 2.62. The van der Waals surface area contributed by atoms with Crippen molar-refractivity contribution in [1.82, 2.24) is 5.27 Å². The zero-order valence-electron chi connectivity index (χ0n) is 7.04. The van der Waals surface area contributed by atoms with E-state index >= 15 is 0 Å². The van der Waals surface area contributed by atoms with E-state index in [9.17, 15) is 5.11 Å². The smallest absolute Gasteiger partial charge is 0.239 e. The second kappa shape index (κ2) is 3.18. The molecule has 0 aliphatic heterocycles. The Morgan fingerprint density at radius 3 is 2.57 bits per heavy atom. The molecule has 0 radical (unpaired) electrons. The molecule has 0 aliphatic rings. The zero-order valence-corrected chi connectivity index (χ0v) is 7.04. The summed E-state index contributed by atoms with van der Waals surface area (Å²) in [6, 6.07) is 8.64. The van der Waals surface area contributed by atoms with Gasteiger partial charge in [-0.3, -0.25) is 0 Å². The van der Waals surface area contributed by atoms with Crippen molar-refractivity contribution in [2.45, 2.75) is 0 Å². The van der Waals surface area contributed by atoms with E-state index in [4.69, 9.17) is 5.26 Å². The Hall–Kier alpha value is -2.35. The lowest BCUT2D eigenvalue weighted by molar-refractivity contribution is -0.670. The Morgan fingerprint density at radius 1 is 1.36 bits per heavy atom. The summed E-state index contributed by atoms with van der Waals surface area (Å²) in [6.45, 7) is 0. The molecule has 14 heavy (non-hydrogen) atoms. The van der Waals surface area contributed by atoms with E-state index in [0.29, 0.717) is 11.3 Å². The van der Waals surface area contributed by atoms with Gasteiger partial charge < -0.3 is 9.63 Å². The Kier molecular flexibility index (Phi) is 1.88. The van der Waals surface area contributed by atoms with E-state index in [1.807, 2.05) is 6.07 Å². The summed E-state index contributed by atoms with van der Waals surface area (Å²) < 4.78 is 5.68. The summed E-state index contributed by atoms with van der Waals surface area (Å²) in [4.78, 5) is 0. The highest BCUT2D eigenvalue weighted by molar-refractivity contribution is 5.34. The van der Waals surface area contributed by atoms with Gasteiger partial charge in [-0.05, 0) is 16.8 Å². The molecule has 5 nitrogen and oxygen atoms in total. The van der Waals surface area contributed by atoms with E-state index in [2.05, 4.69) is 9.79 Å². The summed E-state index contributed by atoms with van der Waals surface area (Å²) in [5.41, 5.74) is 1.23. The molecule has 0 atom stereocenters. The summed E-state index contributed by atoms with van der Waals surface area (Å²) in [6.07, 6.45) is 1.22. The van der Waals surface area contributed by atoms with Crippen molar-refractivity contribution >= 4 is 0 Å². The normalized spacial score (nSPS) is 9.64. The van der Waals surface area contributed by atoms with Crippen LogP contribution >= 0.6 is 0 Å². The van der Waals surface area contributed by atoms with Gasteiger partial charge in [-0.1, -0.05) is 0 Å². The topological polar surface area (TPSA) is 76.8 Å². The molecule has 0 amide bonds. The molecule has 0 aliphatic carbocycles. The maximum absolute atomic E-state index is 10.7. The van der Waals surface area contributed by atoms with Crippen LogP contribution in [0.1, 0.15) is 5.56 Å². The average molecular weight is 187 g/mol. The Bertz CT molecular complexity index is 482. The molecule has 0 bridgehead atoms. The van der Waals surface area contributed by atoms with Gasteiger partial charge in [0.25, 0.3) is 0 Å². The molecule has 2 rings (SSSR count). The van der Waals surface area contributed by atoms with Crippen LogP contribution in [-0.4, -0.2) is 5.27 Å². The highest BCUT2D eigenvalue weighted by atomic mass is 16.6. The molecule has 68 valence electrons. The van der Waals surface area contributed by atoms with Crippen LogP contribution in [0.4, 0.5) is 0 Å². The predicted molar refractivity (Wildman–Crippen MR) is 42.2 cm³/mol. The van der Waals surface area contributed by atoms with Crippen LogP contribution in [0, 0.1) is 11.3 Å². The minimum atomic E-state index is -0.505. The lowest BCUT2D eigenvalue weighted by Crippen LogP contribution is -2.31. The molecule has 0 saturated heterocycles. The van der Waals surface area contributed by atoms with Crippen LogP contribution in [0.3, 0.4) is 0 Å². The van der Waals surface area contributed by atoms with Crippen LogP contribution in [-0.2, 0) is 0 Å². The number of nitrogens with zero attached hydrogens (tertiary/aromatic N) is 3. The average Bonchev–Trinajstić information content (AvgIpc) is 2.65. The fourth-order valence-electron chi connectivity index (χ4n) is 1.04. The molecule has 2 aromatic rings. The Morgan fingerprint density at radius 2 is 2.07 bits per heavy atom. The first-order valence-corrected chi connectivity index (χ1v) is 3.86. The van der Waals surface area contributed by atoms with E-state index in [1.54, 1.807) is 24.3 Å². The number of benzene rings is 1. The molecular formula is C9H5N3O2. The first kappa shape index (κ1) is 8.26. The van der Waals surface area contributed by atoms with E-state index < -0.39 is 5.95 Å². The van der Waals surface area contributed by atoms with Crippen molar-refractivity contribution in [3.8, 4) is 17.7 Å². The van der Waals surface area contributed by atoms with Gasteiger partial charge in [0, 0.05) is 12.1 Å². The van der Waals surface area contributed by atoms with Crippen molar-refractivity contribution in [2.24, 2.45) is 0 Å². The van der Waals surface area contributed by atoms with Crippen molar-refractivity contribution in [2.75, 3.05) is 0 Å². The van der Waals surface area contributed by atoms with Gasteiger partial charge in [0.2, 0.25) is 11.9 Å². The third-order valence-electron chi connectivity index (χ3n) is 1.71. The minimum Gasteiger partial charge on any atom is -0.539 e. The van der Waals surface area contributed by atoms with Crippen molar-refractivity contribution in [3.63, 3.8) is 0 Å². The molecule has 5 heteroatoms. The quantitative estimate of drug-likeness (QED) is 0.584. The van der Waals surface area contributed by atoms with Gasteiger partial charge >= 0.3 is 0 Å². The molecule has 0 spiro atoms. The number of rotatable bonds is 1. The van der Waals surface area contributed by atoms with Gasteiger partial charge in [-0.2, -0.15) is 5.26 Å². The van der Waals surface area contributed by atoms with E-state index in [1.165, 1.54) is 10.9 Å². The van der Waals surface area contributed by atoms with Crippen LogP contribution < -0.4 is 9.79 Å². The predicted octanol–water partition coefficient (Wildman–Crippen LogP) is -0.103. The summed E-state index contributed by atoms with van der Waals surface area (Å²) >= 11 is 0. The van der Waals surface area contributed by atoms with Crippen LogP contribution in [0.5, 0.6) is 5.95 Å². The Balaban J connectivity index is 2.39. The number of nitriles is 1. The van der Waals surface area contributed by atoms with Crippen LogP contribution in [0.25, 0.3) is 5.69 Å². The number of hydrogen-bond acceptors (Lipinski definition) is 4. The molecule has 1 aromatic heterocycles. The van der Waals surface area contributed by atoms with E-state index in [-0.39, 0.29) is 0 Å². The van der Waals surface area contributed by atoms with Crippen LogP contribution in [0.2, 0.25) is 0 Å². The monoisotopic (exact) mass is 187 g/mol. The summed E-state index contributed by atoms with van der Waals surface area (Å²) in [5.74, 6) is -0.505. The molecule has 0 unspecified atom stereocenters. The third-order valence-corrected chi connectivity index (χ3v) is 1.71. The van der Waals surface area contributed by atoms with Gasteiger partial charge in [0.05, 0.1) is 16.9 Å². The third kappa shape index (κ3) is 1.41. The lowest BCUT2D eigenvalue weighted by Gasteiger charge is -1.88. The molecular weight excluding hydrogens is 182 g/mol. The molecule has 1 aromatic carbocycles. The highest BCUT2D eigenvalue weighted by Crippen LogP contribution is 2.03. The SMILES string of the molecule is N#Cc1ccc(-[n+]2cc([O-])on2)cc1. The standard InChI is InChI=1S/C9H5N3O2/c10-5-7-1-3-8(4-2-7)12-6-9(13)14-11-12/h1-4,6H. The summed E-state index contributed by atoms with van der Waals surface area (Å²) in [5, 5.41) is 22.7. The van der Waals surface area contributed by atoms with Crippen molar-refractivity contribution in [3.05, 3.63) is 36.0 Å². The Labute approximate surface area is 79.4 Å². The van der Waals surface area contributed by atoms with Crippen LogP contribution in [0.15, 0.2) is 35.0 Å². The van der Waals surface area contributed by atoms with Gasteiger partial charge in [0.15, 0.2) is 0 Å². The first-order chi connectivity index (χ1) is 6.79. The maximum atomic E-state index is 10.7. The second-order valence-electron chi connectivity index (χ2n) is 2.62. The number of aromatic nitrogens is 2. The first-order valence-electron chi connectivity index (χ1n) is 3.86. The van der Waals surface area contributed by atoms with Crippen molar-refractivity contribution in [1.29, 1.82) is 5.26 Å². The van der Waals surface area contributed by atoms with Gasteiger partial charge in [-0.15, -0.1) is 0 Å². The highest BCUT2D eigenvalue weighted by Gasteiger charge is 2.07. The molecule has 0 fully saturated rings. The molecule has 0 N–H and O–H groups in total. The van der Waals surface area contributed by atoms with Gasteiger partial charge in [-0.25, -0.2) is 0 Å². The summed E-state index contributed by atoms with van der Waals surface area (Å²) in [7, 11) is 0. The van der Waals surface area contributed by atoms with Gasteiger partial charge in [0.1, 0.15) is 5.95 Å². The number of hydrogen-bond donors (Lipinski definition) is 0. The largest absolute Gasteiger partial charge is 0.539 e. The lowest BCUT2D eigenvalue weighted by atomic mass is 10.2. The van der Waals surface area contributed by atoms with Crippen molar-refractivity contribution < 1.29 is 14.3 Å². The minimum absolute atomic E-state index is 0.505. The molecule has 0 saturated carbocycles. The fraction of sp³-hybridized carbons (Fsp3) is 0. The molecule has 1 heterocycles. The zero-order chi connectivity index (χ0) is 9.97. The fourth-order valence-corrected chi connectivity index (χ4v) is 1.04. The maximum Gasteiger partial charge on any atom is 0.239 e. The van der Waals surface area contributed by atoms with E-state index in [0.717, 1.165) is 0 Å².